The molecule has 0 saturated heterocycles. The van der Waals surface area contributed by atoms with Gasteiger partial charge in [-0.15, -0.1) is 11.8 Å². The number of amides is 2. The minimum atomic E-state index is -0.658. The normalized spacial score (nSPS) is 11.5. The van der Waals surface area contributed by atoms with Gasteiger partial charge in [0.1, 0.15) is 11.8 Å². The van der Waals surface area contributed by atoms with Crippen LogP contribution in [0.3, 0.4) is 0 Å². The second-order valence-corrected chi connectivity index (χ2v) is 8.09. The fourth-order valence-corrected chi connectivity index (χ4v) is 3.55. The molecular weight excluding hydrogens is 394 g/mol. The van der Waals surface area contributed by atoms with Gasteiger partial charge in [-0.1, -0.05) is 19.1 Å². The van der Waals surface area contributed by atoms with Crippen LogP contribution in [0, 0.1) is 0 Å². The van der Waals surface area contributed by atoms with Gasteiger partial charge in [-0.05, 0) is 48.4 Å². The summed E-state index contributed by atoms with van der Waals surface area (Å²) in [5.41, 5.74) is 1.00. The molecule has 0 fully saturated rings. The highest BCUT2D eigenvalue weighted by Gasteiger charge is 2.23. The van der Waals surface area contributed by atoms with Gasteiger partial charge in [-0.25, -0.2) is 4.98 Å². The van der Waals surface area contributed by atoms with Gasteiger partial charge in [0.05, 0.1) is 29.6 Å². The Kier molecular flexibility index (Phi) is 9.16. The third-order valence-electron chi connectivity index (χ3n) is 3.88. The first kappa shape index (κ1) is 22.1. The highest BCUT2D eigenvalue weighted by Crippen LogP contribution is 2.19. The van der Waals surface area contributed by atoms with E-state index in [0.717, 1.165) is 16.5 Å². The zero-order valence-corrected chi connectivity index (χ0v) is 17.9. The molecule has 1 heterocycles. The predicted octanol–water partition coefficient (Wildman–Crippen LogP) is 3.69. The molecule has 2 aromatic rings. The second-order valence-electron chi connectivity index (χ2n) is 5.82. The summed E-state index contributed by atoms with van der Waals surface area (Å²) >= 11 is 3.25. The van der Waals surface area contributed by atoms with Gasteiger partial charge in [0.25, 0.3) is 5.91 Å². The van der Waals surface area contributed by atoms with Gasteiger partial charge in [-0.2, -0.15) is 11.8 Å². The topological polar surface area (TPSA) is 80.3 Å². The lowest BCUT2D eigenvalue weighted by atomic mass is 10.1. The number of pyridine rings is 1. The Morgan fingerprint density at radius 1 is 1.21 bits per heavy atom. The number of carbonyl (C=O) groups excluding carboxylic acids is 2. The van der Waals surface area contributed by atoms with Gasteiger partial charge in [-0.3, -0.25) is 9.59 Å². The quantitative estimate of drug-likeness (QED) is 0.572. The molecule has 0 bridgehead atoms. The molecule has 6 nitrogen and oxygen atoms in total. The summed E-state index contributed by atoms with van der Waals surface area (Å²) in [6.45, 7) is 2.06. The molecule has 0 aliphatic carbocycles. The summed E-state index contributed by atoms with van der Waals surface area (Å²) in [5.74, 6) is 1.54. The van der Waals surface area contributed by atoms with Crippen LogP contribution < -0.4 is 15.4 Å². The molecule has 1 aromatic heterocycles. The first-order valence-electron chi connectivity index (χ1n) is 8.91. The highest BCUT2D eigenvalue weighted by atomic mass is 32.2. The van der Waals surface area contributed by atoms with Crippen molar-refractivity contribution >= 4 is 41.0 Å². The van der Waals surface area contributed by atoms with Crippen molar-refractivity contribution in [3.63, 3.8) is 0 Å². The second kappa shape index (κ2) is 11.6. The monoisotopic (exact) mass is 419 g/mol. The molecule has 150 valence electrons. The molecule has 8 heteroatoms. The van der Waals surface area contributed by atoms with Gasteiger partial charge in [0.2, 0.25) is 5.91 Å². The zero-order chi connectivity index (χ0) is 20.4. The SMILES string of the molecule is CCSc1ccc(NC(=O)C(CCSC)NC(=O)c2ccccc2OC)cn1. The summed E-state index contributed by atoms with van der Waals surface area (Å²) < 4.78 is 5.24. The minimum absolute atomic E-state index is 0.269. The van der Waals surface area contributed by atoms with Crippen molar-refractivity contribution in [1.82, 2.24) is 10.3 Å². The van der Waals surface area contributed by atoms with E-state index in [1.165, 1.54) is 7.11 Å². The molecule has 1 unspecified atom stereocenters. The molecule has 0 saturated carbocycles. The molecule has 0 aliphatic heterocycles. The molecule has 1 atom stereocenters. The van der Waals surface area contributed by atoms with Crippen molar-refractivity contribution in [1.29, 1.82) is 0 Å². The largest absolute Gasteiger partial charge is 0.496 e. The molecule has 2 rings (SSSR count). The van der Waals surface area contributed by atoms with Crippen molar-refractivity contribution in [2.75, 3.05) is 30.2 Å². The minimum Gasteiger partial charge on any atom is -0.496 e. The van der Waals surface area contributed by atoms with Crippen molar-refractivity contribution in [2.45, 2.75) is 24.4 Å². The maximum absolute atomic E-state index is 12.8. The van der Waals surface area contributed by atoms with E-state index in [0.29, 0.717) is 23.4 Å². The predicted molar refractivity (Wildman–Crippen MR) is 117 cm³/mol. The summed E-state index contributed by atoms with van der Waals surface area (Å²) in [6.07, 6.45) is 4.11. The summed E-state index contributed by atoms with van der Waals surface area (Å²) in [6, 6.07) is 9.97. The van der Waals surface area contributed by atoms with E-state index < -0.39 is 6.04 Å². The first-order valence-corrected chi connectivity index (χ1v) is 11.3. The number of hydrogen-bond acceptors (Lipinski definition) is 6. The molecule has 0 aliphatic rings. The molecule has 2 N–H and O–H groups in total. The van der Waals surface area contributed by atoms with Crippen LogP contribution in [0.2, 0.25) is 0 Å². The molecule has 0 radical (unpaired) electrons. The van der Waals surface area contributed by atoms with E-state index in [-0.39, 0.29) is 11.8 Å². The Labute approximate surface area is 174 Å². The van der Waals surface area contributed by atoms with Crippen LogP contribution in [0.4, 0.5) is 5.69 Å². The number of carbonyl (C=O) groups is 2. The number of methoxy groups -OCH3 is 1. The number of anilines is 1. The first-order chi connectivity index (χ1) is 13.6. The van der Waals surface area contributed by atoms with E-state index in [2.05, 4.69) is 22.5 Å². The number of thioether (sulfide) groups is 2. The third-order valence-corrected chi connectivity index (χ3v) is 5.35. The molecule has 1 aromatic carbocycles. The van der Waals surface area contributed by atoms with Crippen LogP contribution in [-0.2, 0) is 4.79 Å². The third kappa shape index (κ3) is 6.45. The zero-order valence-electron chi connectivity index (χ0n) is 16.2. The molecular formula is C20H25N3O3S2. The number of aromatic nitrogens is 1. The number of ether oxygens (including phenoxy) is 1. The van der Waals surface area contributed by atoms with Gasteiger partial charge >= 0.3 is 0 Å². The number of para-hydroxylation sites is 1. The van der Waals surface area contributed by atoms with Crippen molar-refractivity contribution in [3.05, 3.63) is 48.2 Å². The van der Waals surface area contributed by atoms with Crippen molar-refractivity contribution in [2.24, 2.45) is 0 Å². The van der Waals surface area contributed by atoms with E-state index >= 15 is 0 Å². The average molecular weight is 420 g/mol. The Balaban J connectivity index is 2.08. The Morgan fingerprint density at radius 2 is 2.00 bits per heavy atom. The lowest BCUT2D eigenvalue weighted by molar-refractivity contribution is -0.118. The van der Waals surface area contributed by atoms with Gasteiger partial charge < -0.3 is 15.4 Å². The summed E-state index contributed by atoms with van der Waals surface area (Å²) in [4.78, 5) is 29.7. The van der Waals surface area contributed by atoms with Crippen LogP contribution >= 0.6 is 23.5 Å². The van der Waals surface area contributed by atoms with Crippen LogP contribution in [0.15, 0.2) is 47.6 Å². The van der Waals surface area contributed by atoms with Crippen LogP contribution in [0.1, 0.15) is 23.7 Å². The number of hydrogen-bond donors (Lipinski definition) is 2. The standard InChI is InChI=1S/C20H25N3O3S2/c1-4-28-18-10-9-14(13-21-18)22-20(25)16(11-12-27-3)23-19(24)15-7-5-6-8-17(15)26-2/h5-10,13,16H,4,11-12H2,1-3H3,(H,22,25)(H,23,24). The maximum atomic E-state index is 12.8. The molecule has 2 amide bonds. The molecule has 0 spiro atoms. The number of rotatable bonds is 10. The van der Waals surface area contributed by atoms with E-state index in [1.54, 1.807) is 54.0 Å². The number of nitrogens with zero attached hydrogens (tertiary/aromatic N) is 1. The van der Waals surface area contributed by atoms with Gasteiger partial charge in [0, 0.05) is 0 Å². The maximum Gasteiger partial charge on any atom is 0.255 e. The fourth-order valence-electron chi connectivity index (χ4n) is 2.49. The van der Waals surface area contributed by atoms with Crippen LogP contribution in [0.5, 0.6) is 5.75 Å². The molecule has 28 heavy (non-hydrogen) atoms. The van der Waals surface area contributed by atoms with Crippen molar-refractivity contribution in [3.8, 4) is 5.75 Å². The van der Waals surface area contributed by atoms with Gasteiger partial charge in [0.15, 0.2) is 0 Å². The van der Waals surface area contributed by atoms with Crippen LogP contribution in [0.25, 0.3) is 0 Å². The van der Waals surface area contributed by atoms with Crippen LogP contribution in [-0.4, -0.2) is 47.7 Å². The Bertz CT molecular complexity index is 785. The average Bonchev–Trinajstić information content (AvgIpc) is 2.72. The van der Waals surface area contributed by atoms with Crippen molar-refractivity contribution < 1.29 is 14.3 Å². The summed E-state index contributed by atoms with van der Waals surface area (Å²) in [5, 5.41) is 6.57. The van der Waals surface area contributed by atoms with E-state index in [4.69, 9.17) is 4.74 Å². The lowest BCUT2D eigenvalue weighted by Gasteiger charge is -2.19. The Morgan fingerprint density at radius 3 is 2.64 bits per heavy atom. The Hall–Kier alpha value is -2.19. The van der Waals surface area contributed by atoms with E-state index in [1.807, 2.05) is 18.4 Å². The number of nitrogens with one attached hydrogen (secondary N) is 2. The smallest absolute Gasteiger partial charge is 0.255 e. The lowest BCUT2D eigenvalue weighted by Crippen LogP contribution is -2.44. The fraction of sp³-hybridized carbons (Fsp3) is 0.350. The summed E-state index contributed by atoms with van der Waals surface area (Å²) in [7, 11) is 1.51. The highest BCUT2D eigenvalue weighted by molar-refractivity contribution is 7.99. The van der Waals surface area contributed by atoms with E-state index in [9.17, 15) is 9.59 Å². The number of benzene rings is 1.